The summed E-state index contributed by atoms with van der Waals surface area (Å²) in [6, 6.07) is 8.09. The molecule has 26 heavy (non-hydrogen) atoms. The predicted octanol–water partition coefficient (Wildman–Crippen LogP) is 3.04. The second-order valence-corrected chi connectivity index (χ2v) is 7.17. The van der Waals surface area contributed by atoms with Crippen LogP contribution < -0.4 is 20.3 Å². The van der Waals surface area contributed by atoms with Crippen molar-refractivity contribution in [2.45, 2.75) is 33.4 Å². The lowest BCUT2D eigenvalue weighted by Gasteiger charge is -2.18. The van der Waals surface area contributed by atoms with E-state index in [4.69, 9.17) is 4.74 Å². The number of hydrogen-bond donors (Lipinski definition) is 2. The van der Waals surface area contributed by atoms with Gasteiger partial charge in [0.05, 0.1) is 18.8 Å². The molecule has 6 nitrogen and oxygen atoms in total. The summed E-state index contributed by atoms with van der Waals surface area (Å²) in [5, 5.41) is 9.63. The fourth-order valence-electron chi connectivity index (χ4n) is 2.28. The van der Waals surface area contributed by atoms with Crippen LogP contribution in [0.25, 0.3) is 0 Å². The highest BCUT2D eigenvalue weighted by Gasteiger charge is 2.07. The van der Waals surface area contributed by atoms with E-state index in [1.54, 1.807) is 11.3 Å². The number of hydrogen-bond acceptors (Lipinski definition) is 5. The van der Waals surface area contributed by atoms with Crippen molar-refractivity contribution in [2.75, 3.05) is 32.1 Å². The van der Waals surface area contributed by atoms with Crippen molar-refractivity contribution in [3.63, 3.8) is 0 Å². The average molecular weight is 376 g/mol. The van der Waals surface area contributed by atoms with Crippen LogP contribution in [0.15, 0.2) is 34.6 Å². The molecule has 0 aliphatic carbocycles. The summed E-state index contributed by atoms with van der Waals surface area (Å²) in [5.41, 5.74) is 2.16. The standard InChI is InChI=1S/C19H29N5OS/c1-6-20-18(22-12-16-13-26-19(23-16)24(4)5)21-11-15(3)25-17-9-7-8-14(2)10-17/h7-10,13,15H,6,11-12H2,1-5H3,(H2,20,21,22). The van der Waals surface area contributed by atoms with Crippen LogP contribution in [0.2, 0.25) is 0 Å². The van der Waals surface area contributed by atoms with Gasteiger partial charge in [-0.05, 0) is 38.5 Å². The van der Waals surface area contributed by atoms with Gasteiger partial charge in [0.15, 0.2) is 11.1 Å². The Morgan fingerprint density at radius 3 is 2.81 bits per heavy atom. The molecule has 0 aliphatic rings. The van der Waals surface area contributed by atoms with E-state index in [1.807, 2.05) is 49.5 Å². The number of aromatic nitrogens is 1. The first-order chi connectivity index (χ1) is 12.5. The Balaban J connectivity index is 1.87. The third-order valence-corrected chi connectivity index (χ3v) is 4.61. The third-order valence-electron chi connectivity index (χ3n) is 3.55. The molecule has 1 aromatic heterocycles. The number of guanidine groups is 1. The summed E-state index contributed by atoms with van der Waals surface area (Å²) in [6.45, 7) is 8.18. The van der Waals surface area contributed by atoms with E-state index in [1.165, 1.54) is 5.56 Å². The van der Waals surface area contributed by atoms with E-state index in [9.17, 15) is 0 Å². The Hall–Kier alpha value is -2.28. The van der Waals surface area contributed by atoms with Gasteiger partial charge in [0.25, 0.3) is 0 Å². The highest BCUT2D eigenvalue weighted by molar-refractivity contribution is 7.13. The van der Waals surface area contributed by atoms with Crippen LogP contribution >= 0.6 is 11.3 Å². The molecule has 0 spiro atoms. The van der Waals surface area contributed by atoms with Gasteiger partial charge in [0.2, 0.25) is 0 Å². The molecule has 0 radical (unpaired) electrons. The van der Waals surface area contributed by atoms with E-state index in [0.29, 0.717) is 13.1 Å². The van der Waals surface area contributed by atoms with Crippen LogP contribution in [0.3, 0.4) is 0 Å². The second-order valence-electron chi connectivity index (χ2n) is 6.34. The number of aryl methyl sites for hydroxylation is 1. The molecule has 7 heteroatoms. The summed E-state index contributed by atoms with van der Waals surface area (Å²) in [6.07, 6.45) is 0.0280. The first-order valence-corrected chi connectivity index (χ1v) is 9.73. The SMILES string of the molecule is CCNC(=NCc1csc(N(C)C)n1)NCC(C)Oc1cccc(C)c1. The molecule has 1 unspecified atom stereocenters. The van der Waals surface area contributed by atoms with Crippen LogP contribution in [0.5, 0.6) is 5.75 Å². The Labute approximate surface area is 160 Å². The summed E-state index contributed by atoms with van der Waals surface area (Å²) >= 11 is 1.63. The summed E-state index contributed by atoms with van der Waals surface area (Å²) in [4.78, 5) is 11.2. The number of anilines is 1. The summed E-state index contributed by atoms with van der Waals surface area (Å²) in [5.74, 6) is 1.66. The van der Waals surface area contributed by atoms with Gasteiger partial charge in [0.1, 0.15) is 11.9 Å². The largest absolute Gasteiger partial charge is 0.489 e. The zero-order valence-electron chi connectivity index (χ0n) is 16.2. The number of thiazole rings is 1. The molecule has 0 aliphatic heterocycles. The van der Waals surface area contributed by atoms with Crippen molar-refractivity contribution in [3.8, 4) is 5.75 Å². The quantitative estimate of drug-likeness (QED) is 0.548. The van der Waals surface area contributed by atoms with Crippen molar-refractivity contribution in [1.29, 1.82) is 0 Å². The van der Waals surface area contributed by atoms with E-state index in [0.717, 1.165) is 29.1 Å². The maximum atomic E-state index is 5.95. The lowest BCUT2D eigenvalue weighted by molar-refractivity contribution is 0.223. The Morgan fingerprint density at radius 1 is 1.35 bits per heavy atom. The molecule has 2 aromatic rings. The minimum atomic E-state index is 0.0280. The molecule has 1 heterocycles. The minimum Gasteiger partial charge on any atom is -0.489 e. The van der Waals surface area contributed by atoms with Crippen molar-refractivity contribution in [3.05, 3.63) is 40.9 Å². The zero-order valence-corrected chi connectivity index (χ0v) is 17.1. The van der Waals surface area contributed by atoms with Gasteiger partial charge < -0.3 is 20.3 Å². The van der Waals surface area contributed by atoms with Crippen molar-refractivity contribution in [1.82, 2.24) is 15.6 Å². The van der Waals surface area contributed by atoms with E-state index >= 15 is 0 Å². The van der Waals surface area contributed by atoms with Crippen LogP contribution in [0.1, 0.15) is 25.1 Å². The first kappa shape index (κ1) is 20.0. The fraction of sp³-hybridized carbons (Fsp3) is 0.474. The van der Waals surface area contributed by atoms with Gasteiger partial charge in [-0.3, -0.25) is 0 Å². The summed E-state index contributed by atoms with van der Waals surface area (Å²) < 4.78 is 5.95. The number of benzene rings is 1. The topological polar surface area (TPSA) is 61.8 Å². The molecule has 142 valence electrons. The fourth-order valence-corrected chi connectivity index (χ4v) is 3.03. The van der Waals surface area contributed by atoms with Gasteiger partial charge in [-0.25, -0.2) is 9.98 Å². The van der Waals surface area contributed by atoms with Crippen LogP contribution in [0, 0.1) is 6.92 Å². The molecule has 0 fully saturated rings. The number of aliphatic imine (C=N–C) groups is 1. The highest BCUT2D eigenvalue weighted by atomic mass is 32.1. The van der Waals surface area contributed by atoms with Crippen LogP contribution in [0.4, 0.5) is 5.13 Å². The van der Waals surface area contributed by atoms with E-state index in [2.05, 4.69) is 40.5 Å². The van der Waals surface area contributed by atoms with Crippen molar-refractivity contribution >= 4 is 22.4 Å². The van der Waals surface area contributed by atoms with E-state index < -0.39 is 0 Å². The molecule has 1 aromatic carbocycles. The van der Waals surface area contributed by atoms with Crippen LogP contribution in [-0.2, 0) is 6.54 Å². The molecule has 2 N–H and O–H groups in total. The monoisotopic (exact) mass is 375 g/mol. The van der Waals surface area contributed by atoms with Crippen molar-refractivity contribution in [2.24, 2.45) is 4.99 Å². The molecule has 2 rings (SSSR count). The third kappa shape index (κ3) is 6.55. The number of rotatable bonds is 8. The molecular weight excluding hydrogens is 346 g/mol. The Bertz CT molecular complexity index is 713. The molecule has 0 amide bonds. The molecule has 1 atom stereocenters. The average Bonchev–Trinajstić information content (AvgIpc) is 3.07. The number of nitrogens with one attached hydrogen (secondary N) is 2. The predicted molar refractivity (Wildman–Crippen MR) is 111 cm³/mol. The second kappa shape index (κ2) is 10.0. The van der Waals surface area contributed by atoms with Gasteiger partial charge in [-0.2, -0.15) is 0 Å². The van der Waals surface area contributed by atoms with Crippen LogP contribution in [-0.4, -0.2) is 44.2 Å². The smallest absolute Gasteiger partial charge is 0.191 e. The minimum absolute atomic E-state index is 0.0280. The first-order valence-electron chi connectivity index (χ1n) is 8.85. The van der Waals surface area contributed by atoms with E-state index in [-0.39, 0.29) is 6.10 Å². The lowest BCUT2D eigenvalue weighted by atomic mass is 10.2. The maximum Gasteiger partial charge on any atom is 0.191 e. The maximum absolute atomic E-state index is 5.95. The number of ether oxygens (including phenoxy) is 1. The molecular formula is C19H29N5OS. The lowest BCUT2D eigenvalue weighted by Crippen LogP contribution is -2.41. The number of nitrogens with zero attached hydrogens (tertiary/aromatic N) is 3. The van der Waals surface area contributed by atoms with Gasteiger partial charge >= 0.3 is 0 Å². The van der Waals surface area contributed by atoms with Crippen molar-refractivity contribution < 1.29 is 4.74 Å². The van der Waals surface area contributed by atoms with Gasteiger partial charge in [-0.1, -0.05) is 12.1 Å². The Kier molecular flexibility index (Phi) is 7.72. The Morgan fingerprint density at radius 2 is 2.15 bits per heavy atom. The highest BCUT2D eigenvalue weighted by Crippen LogP contribution is 2.18. The van der Waals surface area contributed by atoms with Gasteiger partial charge in [0, 0.05) is 26.0 Å². The zero-order chi connectivity index (χ0) is 18.9. The van der Waals surface area contributed by atoms with Gasteiger partial charge in [-0.15, -0.1) is 11.3 Å². The molecule has 0 saturated carbocycles. The summed E-state index contributed by atoms with van der Waals surface area (Å²) in [7, 11) is 3.99. The normalized spacial score (nSPS) is 12.6. The molecule has 0 saturated heterocycles. The molecule has 0 bridgehead atoms.